The van der Waals surface area contributed by atoms with E-state index in [1.54, 1.807) is 12.5 Å². The largest absolute Gasteiger partial charge is 0.379 e. The molecule has 0 spiro atoms. The van der Waals surface area contributed by atoms with Crippen molar-refractivity contribution in [2.45, 2.75) is 32.0 Å². The van der Waals surface area contributed by atoms with Gasteiger partial charge >= 0.3 is 0 Å². The topological polar surface area (TPSA) is 46.4 Å². The first-order chi connectivity index (χ1) is 11.8. The molecule has 0 radical (unpaired) electrons. The van der Waals surface area contributed by atoms with Gasteiger partial charge in [-0.25, -0.2) is 9.97 Å². The van der Waals surface area contributed by atoms with Crippen molar-refractivity contribution < 1.29 is 4.74 Å². The number of hydrogen-bond donors (Lipinski definition) is 0. The summed E-state index contributed by atoms with van der Waals surface area (Å²) in [7, 11) is 0. The number of hydrogen-bond acceptors (Lipinski definition) is 5. The highest BCUT2D eigenvalue weighted by atomic mass is 16.5. The van der Waals surface area contributed by atoms with Crippen LogP contribution in [0.3, 0.4) is 0 Å². The van der Waals surface area contributed by atoms with E-state index in [4.69, 9.17) is 4.74 Å². The summed E-state index contributed by atoms with van der Waals surface area (Å²) in [6.07, 6.45) is 8.70. The number of pyridine rings is 1. The molecule has 0 bridgehead atoms. The molecule has 2 aliphatic heterocycles. The molecule has 0 unspecified atom stereocenters. The molecule has 6 heteroatoms. The maximum atomic E-state index is 5.49. The maximum Gasteiger partial charge on any atom is 0.137 e. The van der Waals surface area contributed by atoms with Crippen molar-refractivity contribution >= 4 is 0 Å². The second-order valence-corrected chi connectivity index (χ2v) is 6.71. The van der Waals surface area contributed by atoms with E-state index in [1.807, 2.05) is 17.0 Å². The van der Waals surface area contributed by atoms with Crippen LogP contribution in [-0.2, 0) is 11.3 Å². The molecule has 2 atom stereocenters. The van der Waals surface area contributed by atoms with Crippen LogP contribution in [0.5, 0.6) is 0 Å². The Hall–Kier alpha value is -1.76. The highest BCUT2D eigenvalue weighted by Gasteiger charge is 2.35. The first-order valence-electron chi connectivity index (χ1n) is 8.80. The van der Waals surface area contributed by atoms with Crippen molar-refractivity contribution in [3.8, 4) is 5.82 Å². The zero-order chi connectivity index (χ0) is 16.4. The Kier molecular flexibility index (Phi) is 4.60. The minimum absolute atomic E-state index is 0.580. The standard InChI is InChI=1S/C18H25N5O/c1-15-17(21-8-10-24-11-9-21)4-6-22(15)13-16-2-3-18(20-12-16)23-7-5-19-14-23/h2-3,5,7,12,14-15,17H,4,6,8-11,13H2,1H3/t15-,17-/m1/s1. The molecule has 0 amide bonds. The van der Waals surface area contributed by atoms with Crippen LogP contribution in [0.1, 0.15) is 18.9 Å². The molecular weight excluding hydrogens is 302 g/mol. The molecule has 4 rings (SSSR count). The van der Waals surface area contributed by atoms with Gasteiger partial charge in [0, 0.05) is 56.9 Å². The van der Waals surface area contributed by atoms with E-state index >= 15 is 0 Å². The van der Waals surface area contributed by atoms with Crippen molar-refractivity contribution in [3.05, 3.63) is 42.6 Å². The van der Waals surface area contributed by atoms with Crippen LogP contribution in [0.25, 0.3) is 5.82 Å². The van der Waals surface area contributed by atoms with E-state index in [-0.39, 0.29) is 0 Å². The summed E-state index contributed by atoms with van der Waals surface area (Å²) in [5.74, 6) is 0.914. The number of aromatic nitrogens is 3. The molecule has 2 aliphatic rings. The maximum absolute atomic E-state index is 5.49. The van der Waals surface area contributed by atoms with Crippen LogP contribution >= 0.6 is 0 Å². The fourth-order valence-corrected chi connectivity index (χ4v) is 3.90. The van der Waals surface area contributed by atoms with Crippen LogP contribution in [0.4, 0.5) is 0 Å². The van der Waals surface area contributed by atoms with Gasteiger partial charge in [-0.05, 0) is 25.0 Å². The molecule has 24 heavy (non-hydrogen) atoms. The number of morpholine rings is 1. The SMILES string of the molecule is C[C@@H]1[C@H](N2CCOCC2)CCN1Cc1ccc(-n2ccnc2)nc1. The molecule has 0 N–H and O–H groups in total. The molecule has 4 heterocycles. The number of rotatable bonds is 4. The van der Waals surface area contributed by atoms with Gasteiger partial charge in [0.05, 0.1) is 13.2 Å². The second-order valence-electron chi connectivity index (χ2n) is 6.71. The van der Waals surface area contributed by atoms with Gasteiger partial charge in [-0.3, -0.25) is 14.4 Å². The predicted molar refractivity (Wildman–Crippen MR) is 92.0 cm³/mol. The molecular formula is C18H25N5O. The van der Waals surface area contributed by atoms with Crippen molar-refractivity contribution in [2.24, 2.45) is 0 Å². The molecule has 6 nitrogen and oxygen atoms in total. The van der Waals surface area contributed by atoms with Gasteiger partial charge in [-0.1, -0.05) is 6.07 Å². The normalized spacial score (nSPS) is 26.0. The van der Waals surface area contributed by atoms with Crippen molar-refractivity contribution in [1.82, 2.24) is 24.3 Å². The van der Waals surface area contributed by atoms with Gasteiger partial charge < -0.3 is 4.74 Å². The Bertz CT molecular complexity index is 636. The third-order valence-corrected chi connectivity index (χ3v) is 5.32. The molecule has 0 aliphatic carbocycles. The van der Waals surface area contributed by atoms with Crippen molar-refractivity contribution in [1.29, 1.82) is 0 Å². The quantitative estimate of drug-likeness (QED) is 0.853. The monoisotopic (exact) mass is 327 g/mol. The van der Waals surface area contributed by atoms with Crippen molar-refractivity contribution in [3.63, 3.8) is 0 Å². The van der Waals surface area contributed by atoms with E-state index in [9.17, 15) is 0 Å². The van der Waals surface area contributed by atoms with Crippen LogP contribution in [-0.4, -0.2) is 69.3 Å². The van der Waals surface area contributed by atoms with Crippen LogP contribution in [0.2, 0.25) is 0 Å². The minimum atomic E-state index is 0.580. The summed E-state index contributed by atoms with van der Waals surface area (Å²) in [6.45, 7) is 8.39. The number of likely N-dealkylation sites (tertiary alicyclic amines) is 1. The van der Waals surface area contributed by atoms with E-state index in [1.165, 1.54) is 12.0 Å². The molecule has 0 saturated carbocycles. The Labute approximate surface area is 143 Å². The highest BCUT2D eigenvalue weighted by Crippen LogP contribution is 2.25. The molecule has 2 saturated heterocycles. The Morgan fingerprint density at radius 1 is 1.21 bits per heavy atom. The Morgan fingerprint density at radius 3 is 2.79 bits per heavy atom. The molecule has 2 aromatic rings. The number of nitrogens with zero attached hydrogens (tertiary/aromatic N) is 5. The van der Waals surface area contributed by atoms with Crippen LogP contribution < -0.4 is 0 Å². The summed E-state index contributed by atoms with van der Waals surface area (Å²) in [5, 5.41) is 0. The van der Waals surface area contributed by atoms with E-state index in [2.05, 4.69) is 38.8 Å². The summed E-state index contributed by atoms with van der Waals surface area (Å²) in [4.78, 5) is 13.8. The van der Waals surface area contributed by atoms with Crippen LogP contribution in [0.15, 0.2) is 37.1 Å². The average molecular weight is 327 g/mol. The van der Waals surface area contributed by atoms with Gasteiger partial charge in [-0.15, -0.1) is 0 Å². The van der Waals surface area contributed by atoms with Gasteiger partial charge in [0.25, 0.3) is 0 Å². The summed E-state index contributed by atoms with van der Waals surface area (Å²) in [6, 6.07) is 5.48. The third kappa shape index (κ3) is 3.22. The Morgan fingerprint density at radius 2 is 2.08 bits per heavy atom. The number of ether oxygens (including phenoxy) is 1. The molecule has 0 aromatic carbocycles. The minimum Gasteiger partial charge on any atom is -0.379 e. The predicted octanol–water partition coefficient (Wildman–Crippen LogP) is 1.56. The first kappa shape index (κ1) is 15.7. The summed E-state index contributed by atoms with van der Waals surface area (Å²) in [5.41, 5.74) is 1.27. The lowest BCUT2D eigenvalue weighted by molar-refractivity contribution is 0.00983. The zero-order valence-electron chi connectivity index (χ0n) is 14.2. The van der Waals surface area contributed by atoms with E-state index < -0.39 is 0 Å². The van der Waals surface area contributed by atoms with E-state index in [0.717, 1.165) is 45.2 Å². The zero-order valence-corrected chi connectivity index (χ0v) is 14.2. The fourth-order valence-electron chi connectivity index (χ4n) is 3.90. The van der Waals surface area contributed by atoms with Gasteiger partial charge in [0.2, 0.25) is 0 Å². The average Bonchev–Trinajstić information content (AvgIpc) is 3.28. The van der Waals surface area contributed by atoms with Gasteiger partial charge in [0.1, 0.15) is 12.1 Å². The Balaban J connectivity index is 1.38. The lowest BCUT2D eigenvalue weighted by atomic mass is 10.1. The summed E-state index contributed by atoms with van der Waals surface area (Å²) >= 11 is 0. The second kappa shape index (κ2) is 7.01. The van der Waals surface area contributed by atoms with E-state index in [0.29, 0.717) is 12.1 Å². The molecule has 2 aromatic heterocycles. The smallest absolute Gasteiger partial charge is 0.137 e. The fraction of sp³-hybridized carbons (Fsp3) is 0.556. The number of imidazole rings is 1. The van der Waals surface area contributed by atoms with Gasteiger partial charge in [0.15, 0.2) is 0 Å². The lowest BCUT2D eigenvalue weighted by Gasteiger charge is -2.35. The molecule has 2 fully saturated rings. The lowest BCUT2D eigenvalue weighted by Crippen LogP contribution is -2.48. The third-order valence-electron chi connectivity index (χ3n) is 5.32. The first-order valence-corrected chi connectivity index (χ1v) is 8.80. The summed E-state index contributed by atoms with van der Waals surface area (Å²) < 4.78 is 7.42. The highest BCUT2D eigenvalue weighted by molar-refractivity contribution is 5.25. The van der Waals surface area contributed by atoms with Crippen molar-refractivity contribution in [2.75, 3.05) is 32.8 Å². The molecule has 128 valence electrons. The van der Waals surface area contributed by atoms with Gasteiger partial charge in [-0.2, -0.15) is 0 Å². The van der Waals surface area contributed by atoms with Crippen LogP contribution in [0, 0.1) is 0 Å².